The molecule has 1 aliphatic heterocycles. The van der Waals surface area contributed by atoms with E-state index in [1.54, 1.807) is 0 Å². The van der Waals surface area contributed by atoms with Crippen molar-refractivity contribution in [3.8, 4) is 5.75 Å². The van der Waals surface area contributed by atoms with Crippen molar-refractivity contribution in [1.82, 2.24) is 0 Å². The molecule has 0 aromatic heterocycles. The fourth-order valence-corrected chi connectivity index (χ4v) is 2.47. The van der Waals surface area contributed by atoms with Crippen LogP contribution in [0.3, 0.4) is 0 Å². The second kappa shape index (κ2) is 5.90. The Morgan fingerprint density at radius 3 is 2.47 bits per heavy atom. The third-order valence-corrected chi connectivity index (χ3v) is 3.46. The van der Waals surface area contributed by atoms with Crippen molar-refractivity contribution in [3.63, 3.8) is 0 Å². The Morgan fingerprint density at radius 1 is 1.21 bits per heavy atom. The fourth-order valence-electron chi connectivity index (χ4n) is 2.47. The van der Waals surface area contributed by atoms with E-state index in [9.17, 15) is 0 Å². The van der Waals surface area contributed by atoms with Crippen LogP contribution in [0, 0.1) is 13.8 Å². The number of rotatable bonds is 4. The van der Waals surface area contributed by atoms with Gasteiger partial charge >= 0.3 is 0 Å². The molecule has 1 saturated heterocycles. The van der Waals surface area contributed by atoms with Crippen LogP contribution in [0.5, 0.6) is 5.75 Å². The highest BCUT2D eigenvalue weighted by Crippen LogP contribution is 2.35. The zero-order chi connectivity index (χ0) is 13.9. The summed E-state index contributed by atoms with van der Waals surface area (Å²) in [5.74, 6) is 0.115. The second-order valence-corrected chi connectivity index (χ2v) is 4.87. The molecule has 0 unspecified atom stereocenters. The smallest absolute Gasteiger partial charge is 0.207 e. The van der Waals surface area contributed by atoms with Gasteiger partial charge in [-0.2, -0.15) is 0 Å². The van der Waals surface area contributed by atoms with E-state index in [1.165, 1.54) is 0 Å². The first-order chi connectivity index (χ1) is 9.13. The van der Waals surface area contributed by atoms with Crippen LogP contribution in [-0.4, -0.2) is 26.4 Å². The molecule has 0 amide bonds. The maximum Gasteiger partial charge on any atom is 0.207 e. The normalized spacial score (nSPS) is 18.3. The minimum atomic E-state index is -0.794. The van der Waals surface area contributed by atoms with Gasteiger partial charge in [-0.25, -0.2) is 0 Å². The van der Waals surface area contributed by atoms with E-state index in [2.05, 4.69) is 6.07 Å². The van der Waals surface area contributed by atoms with Gasteiger partial charge in [0.05, 0.1) is 26.4 Å². The molecule has 19 heavy (non-hydrogen) atoms. The molecule has 1 aromatic carbocycles. The number of ether oxygens (including phenoxy) is 3. The molecular weight excluding hydrogens is 242 g/mol. The molecule has 1 heterocycles. The van der Waals surface area contributed by atoms with E-state index in [0.29, 0.717) is 26.4 Å². The van der Waals surface area contributed by atoms with Gasteiger partial charge in [-0.05, 0) is 50.5 Å². The van der Waals surface area contributed by atoms with Gasteiger partial charge < -0.3 is 19.9 Å². The number of hydrogen-bond donors (Lipinski definition) is 1. The van der Waals surface area contributed by atoms with Gasteiger partial charge in [0.2, 0.25) is 5.79 Å². The Kier molecular flexibility index (Phi) is 4.45. The molecule has 4 heteroatoms. The van der Waals surface area contributed by atoms with E-state index < -0.39 is 5.79 Å². The predicted octanol–water partition coefficient (Wildman–Crippen LogP) is 2.25. The summed E-state index contributed by atoms with van der Waals surface area (Å²) in [5, 5.41) is 0. The average molecular weight is 265 g/mol. The van der Waals surface area contributed by atoms with Gasteiger partial charge in [-0.1, -0.05) is 0 Å². The zero-order valence-electron chi connectivity index (χ0n) is 12.0. The van der Waals surface area contributed by atoms with Crippen LogP contribution >= 0.6 is 0 Å². The molecular formula is C15H23NO3. The Bertz CT molecular complexity index is 439. The quantitative estimate of drug-likeness (QED) is 0.907. The van der Waals surface area contributed by atoms with Crippen molar-refractivity contribution in [1.29, 1.82) is 0 Å². The topological polar surface area (TPSA) is 53.7 Å². The van der Waals surface area contributed by atoms with Crippen molar-refractivity contribution in [2.45, 2.75) is 33.0 Å². The lowest BCUT2D eigenvalue weighted by molar-refractivity contribution is -0.270. The number of aryl methyl sites for hydroxylation is 2. The van der Waals surface area contributed by atoms with Crippen molar-refractivity contribution in [2.75, 3.05) is 26.4 Å². The monoisotopic (exact) mass is 265 g/mol. The Morgan fingerprint density at radius 2 is 1.89 bits per heavy atom. The molecule has 1 fully saturated rings. The molecule has 0 radical (unpaired) electrons. The summed E-state index contributed by atoms with van der Waals surface area (Å²) >= 11 is 0. The summed E-state index contributed by atoms with van der Waals surface area (Å²) in [6, 6.07) is 4.10. The van der Waals surface area contributed by atoms with Crippen molar-refractivity contribution >= 4 is 0 Å². The van der Waals surface area contributed by atoms with Crippen LogP contribution in [0.2, 0.25) is 0 Å². The van der Waals surface area contributed by atoms with Crippen LogP contribution in [0.1, 0.15) is 30.0 Å². The first-order valence-corrected chi connectivity index (χ1v) is 6.85. The lowest BCUT2D eigenvalue weighted by Gasteiger charge is -2.37. The van der Waals surface area contributed by atoms with Gasteiger partial charge in [-0.3, -0.25) is 0 Å². The Labute approximate surface area is 114 Å². The Hall–Kier alpha value is -1.10. The standard InChI is InChI=1S/C15H23NO3/c1-4-17-14-9-11(2)13(8-12(14)3)15(10-16)18-6-5-7-19-15/h8-9H,4-7,10,16H2,1-3H3. The van der Waals surface area contributed by atoms with Gasteiger partial charge in [0, 0.05) is 5.56 Å². The first kappa shape index (κ1) is 14.3. The van der Waals surface area contributed by atoms with Crippen molar-refractivity contribution < 1.29 is 14.2 Å². The van der Waals surface area contributed by atoms with E-state index in [4.69, 9.17) is 19.9 Å². The van der Waals surface area contributed by atoms with Crippen LogP contribution in [0.15, 0.2) is 12.1 Å². The second-order valence-electron chi connectivity index (χ2n) is 4.87. The van der Waals surface area contributed by atoms with Gasteiger partial charge in [0.25, 0.3) is 0 Å². The van der Waals surface area contributed by atoms with Crippen LogP contribution in [0.25, 0.3) is 0 Å². The lowest BCUT2D eigenvalue weighted by Crippen LogP contribution is -2.44. The molecule has 106 valence electrons. The van der Waals surface area contributed by atoms with Gasteiger partial charge in [0.15, 0.2) is 0 Å². The molecule has 1 aromatic rings. The minimum absolute atomic E-state index is 0.321. The minimum Gasteiger partial charge on any atom is -0.494 e. The van der Waals surface area contributed by atoms with Crippen molar-refractivity contribution in [2.24, 2.45) is 5.73 Å². The highest BCUT2D eigenvalue weighted by atomic mass is 16.7. The molecule has 2 N–H and O–H groups in total. The van der Waals surface area contributed by atoms with E-state index in [0.717, 1.165) is 28.9 Å². The third kappa shape index (κ3) is 2.76. The number of benzene rings is 1. The number of nitrogens with two attached hydrogens (primary N) is 1. The lowest BCUT2D eigenvalue weighted by atomic mass is 9.96. The molecule has 1 aliphatic rings. The third-order valence-electron chi connectivity index (χ3n) is 3.46. The largest absolute Gasteiger partial charge is 0.494 e. The summed E-state index contributed by atoms with van der Waals surface area (Å²) < 4.78 is 17.3. The summed E-state index contributed by atoms with van der Waals surface area (Å²) in [6.45, 7) is 8.40. The molecule has 0 saturated carbocycles. The Balaban J connectivity index is 2.40. The summed E-state index contributed by atoms with van der Waals surface area (Å²) in [6.07, 6.45) is 0.914. The summed E-state index contributed by atoms with van der Waals surface area (Å²) in [4.78, 5) is 0. The fraction of sp³-hybridized carbons (Fsp3) is 0.600. The molecule has 0 atom stereocenters. The average Bonchev–Trinajstić information content (AvgIpc) is 2.43. The highest BCUT2D eigenvalue weighted by Gasteiger charge is 2.37. The molecule has 2 rings (SSSR count). The van der Waals surface area contributed by atoms with Gasteiger partial charge in [-0.15, -0.1) is 0 Å². The van der Waals surface area contributed by atoms with Crippen molar-refractivity contribution in [3.05, 3.63) is 28.8 Å². The van der Waals surface area contributed by atoms with Crippen LogP contribution in [0.4, 0.5) is 0 Å². The zero-order valence-corrected chi connectivity index (χ0v) is 12.0. The van der Waals surface area contributed by atoms with E-state index >= 15 is 0 Å². The molecule has 0 bridgehead atoms. The highest BCUT2D eigenvalue weighted by molar-refractivity contribution is 5.43. The van der Waals surface area contributed by atoms with E-state index in [1.807, 2.05) is 26.8 Å². The molecule has 0 spiro atoms. The van der Waals surface area contributed by atoms with Crippen LogP contribution in [-0.2, 0) is 15.3 Å². The predicted molar refractivity (Wildman–Crippen MR) is 74.3 cm³/mol. The van der Waals surface area contributed by atoms with E-state index in [-0.39, 0.29) is 0 Å². The maximum absolute atomic E-state index is 5.90. The molecule has 4 nitrogen and oxygen atoms in total. The number of hydrogen-bond acceptors (Lipinski definition) is 4. The van der Waals surface area contributed by atoms with Crippen LogP contribution < -0.4 is 10.5 Å². The molecule has 0 aliphatic carbocycles. The first-order valence-electron chi connectivity index (χ1n) is 6.85. The maximum atomic E-state index is 5.90. The SMILES string of the molecule is CCOc1cc(C)c(C2(CN)OCCCO2)cc1C. The summed E-state index contributed by atoms with van der Waals surface area (Å²) in [5.41, 5.74) is 9.08. The van der Waals surface area contributed by atoms with Gasteiger partial charge in [0.1, 0.15) is 5.75 Å². The summed E-state index contributed by atoms with van der Waals surface area (Å²) in [7, 11) is 0.